The number of furan rings is 1. The summed E-state index contributed by atoms with van der Waals surface area (Å²) < 4.78 is 11.1. The highest BCUT2D eigenvalue weighted by Gasteiger charge is 2.51. The van der Waals surface area contributed by atoms with E-state index in [0.717, 1.165) is 23.7 Å². The maximum Gasteiger partial charge on any atom is 0.145 e. The molecule has 118 valence electrons. The Labute approximate surface area is 132 Å². The first-order valence-electron chi connectivity index (χ1n) is 7.11. The van der Waals surface area contributed by atoms with Crippen molar-refractivity contribution in [2.24, 2.45) is 0 Å². The Kier molecular flexibility index (Phi) is 4.87. The van der Waals surface area contributed by atoms with Crippen LogP contribution in [-0.4, -0.2) is 57.8 Å². The van der Waals surface area contributed by atoms with Gasteiger partial charge < -0.3 is 24.5 Å². The van der Waals surface area contributed by atoms with Crippen LogP contribution in [0.4, 0.5) is 0 Å². The van der Waals surface area contributed by atoms with Crippen molar-refractivity contribution in [3.05, 3.63) is 24.2 Å². The number of ether oxygens (including phenoxy) is 1. The lowest BCUT2D eigenvalue weighted by atomic mass is 9.95. The minimum Gasteiger partial charge on any atom is -0.467 e. The van der Waals surface area contributed by atoms with E-state index in [1.165, 1.54) is 0 Å². The normalized spacial score (nSPS) is 36.5. The SMILES string of the molecule is OCC1O[C@@H](C2(c3ccco3)SCCCS2)C[C@@H](O)[C@@H]1O. The monoisotopic (exact) mass is 332 g/mol. The summed E-state index contributed by atoms with van der Waals surface area (Å²) in [6.45, 7) is -0.307. The standard InChI is InChI=1S/C14H20O5S2/c15-8-10-13(17)9(16)7-12(19-10)14(11-3-1-4-18-11)20-5-2-6-21-14/h1,3-4,9-10,12-13,15-17H,2,5-8H2/t9-,10?,12-,13+/m1/s1. The number of hydrogen-bond acceptors (Lipinski definition) is 7. The molecular weight excluding hydrogens is 312 g/mol. The molecule has 2 fully saturated rings. The lowest BCUT2D eigenvalue weighted by Crippen LogP contribution is -2.54. The van der Waals surface area contributed by atoms with Crippen molar-refractivity contribution in [3.8, 4) is 0 Å². The highest BCUT2D eigenvalue weighted by Crippen LogP contribution is 2.55. The summed E-state index contributed by atoms with van der Waals surface area (Å²) >= 11 is 3.52. The fourth-order valence-corrected chi connectivity index (χ4v) is 6.25. The fourth-order valence-electron chi connectivity index (χ4n) is 2.86. The van der Waals surface area contributed by atoms with E-state index < -0.39 is 22.4 Å². The third kappa shape index (κ3) is 2.87. The second kappa shape index (κ2) is 6.52. The fraction of sp³-hybridized carbons (Fsp3) is 0.714. The summed E-state index contributed by atoms with van der Waals surface area (Å²) in [4.78, 5) is 0. The number of thioether (sulfide) groups is 2. The van der Waals surface area contributed by atoms with E-state index >= 15 is 0 Å². The number of aliphatic hydroxyl groups is 3. The molecule has 0 radical (unpaired) electrons. The lowest BCUT2D eigenvalue weighted by molar-refractivity contribution is -0.182. The highest BCUT2D eigenvalue weighted by molar-refractivity contribution is 8.18. The molecule has 1 aromatic heterocycles. The maximum atomic E-state index is 10.1. The predicted molar refractivity (Wildman–Crippen MR) is 82.3 cm³/mol. The van der Waals surface area contributed by atoms with Crippen LogP contribution < -0.4 is 0 Å². The first-order valence-corrected chi connectivity index (χ1v) is 9.09. The molecule has 7 heteroatoms. The summed E-state index contributed by atoms with van der Waals surface area (Å²) in [6.07, 6.45) is 0.0969. The van der Waals surface area contributed by atoms with Crippen LogP contribution in [0.15, 0.2) is 22.8 Å². The van der Waals surface area contributed by atoms with Gasteiger partial charge in [-0.2, -0.15) is 0 Å². The number of hydrogen-bond donors (Lipinski definition) is 3. The van der Waals surface area contributed by atoms with Gasteiger partial charge in [-0.05, 0) is 30.1 Å². The molecule has 4 atom stereocenters. The van der Waals surface area contributed by atoms with Crippen LogP contribution in [0.2, 0.25) is 0 Å². The second-order valence-electron chi connectivity index (χ2n) is 5.33. The average Bonchev–Trinajstić information content (AvgIpc) is 3.05. The van der Waals surface area contributed by atoms with Gasteiger partial charge in [-0.15, -0.1) is 23.5 Å². The molecule has 0 aliphatic carbocycles. The largest absolute Gasteiger partial charge is 0.467 e. The van der Waals surface area contributed by atoms with Crippen LogP contribution in [0.5, 0.6) is 0 Å². The average molecular weight is 332 g/mol. The zero-order chi connectivity index (χ0) is 14.9. The van der Waals surface area contributed by atoms with Crippen LogP contribution in [-0.2, 0) is 8.82 Å². The van der Waals surface area contributed by atoms with Gasteiger partial charge in [0.15, 0.2) is 0 Å². The summed E-state index contributed by atoms with van der Waals surface area (Å²) in [6, 6.07) is 3.78. The van der Waals surface area contributed by atoms with E-state index in [-0.39, 0.29) is 12.7 Å². The van der Waals surface area contributed by atoms with Gasteiger partial charge in [0.1, 0.15) is 22.0 Å². The Morgan fingerprint density at radius 3 is 2.67 bits per heavy atom. The molecule has 5 nitrogen and oxygen atoms in total. The van der Waals surface area contributed by atoms with Gasteiger partial charge in [0, 0.05) is 6.42 Å². The molecule has 3 N–H and O–H groups in total. The van der Waals surface area contributed by atoms with E-state index in [1.54, 1.807) is 29.8 Å². The summed E-state index contributed by atoms with van der Waals surface area (Å²) in [5, 5.41) is 29.4. The van der Waals surface area contributed by atoms with E-state index in [4.69, 9.17) is 9.15 Å². The Balaban J connectivity index is 1.90. The first-order chi connectivity index (χ1) is 10.2. The number of rotatable bonds is 3. The Morgan fingerprint density at radius 1 is 1.29 bits per heavy atom. The molecule has 2 saturated heterocycles. The molecule has 21 heavy (non-hydrogen) atoms. The molecule has 0 saturated carbocycles. The van der Waals surface area contributed by atoms with E-state index in [1.807, 2.05) is 12.1 Å². The molecule has 3 rings (SSSR count). The quantitative estimate of drug-likeness (QED) is 0.766. The predicted octanol–water partition coefficient (Wildman–Crippen LogP) is 1.17. The molecule has 0 amide bonds. The minimum absolute atomic E-state index is 0.307. The van der Waals surface area contributed by atoms with E-state index in [9.17, 15) is 15.3 Å². The lowest BCUT2D eigenvalue weighted by Gasteiger charge is -2.46. The molecular formula is C14H20O5S2. The molecule has 1 aromatic rings. The zero-order valence-electron chi connectivity index (χ0n) is 11.6. The Hall–Kier alpha value is -0.180. The molecule has 2 aliphatic rings. The van der Waals surface area contributed by atoms with Crippen molar-refractivity contribution in [1.29, 1.82) is 0 Å². The van der Waals surface area contributed by atoms with Gasteiger partial charge in [-0.3, -0.25) is 0 Å². The maximum absolute atomic E-state index is 10.1. The van der Waals surface area contributed by atoms with Crippen molar-refractivity contribution in [3.63, 3.8) is 0 Å². The van der Waals surface area contributed by atoms with E-state index in [2.05, 4.69) is 0 Å². The molecule has 0 spiro atoms. The van der Waals surface area contributed by atoms with Crippen LogP contribution >= 0.6 is 23.5 Å². The molecule has 0 aromatic carbocycles. The molecule has 2 aliphatic heterocycles. The highest BCUT2D eigenvalue weighted by atomic mass is 32.2. The molecule has 0 bridgehead atoms. The van der Waals surface area contributed by atoms with Gasteiger partial charge in [-0.1, -0.05) is 0 Å². The van der Waals surface area contributed by atoms with Gasteiger partial charge in [-0.25, -0.2) is 0 Å². The summed E-state index contributed by atoms with van der Waals surface area (Å²) in [5.74, 6) is 2.81. The van der Waals surface area contributed by atoms with Gasteiger partial charge in [0.25, 0.3) is 0 Å². The molecule has 3 heterocycles. The topological polar surface area (TPSA) is 83.1 Å². The van der Waals surface area contributed by atoms with Crippen molar-refractivity contribution >= 4 is 23.5 Å². The zero-order valence-corrected chi connectivity index (χ0v) is 13.2. The molecule has 1 unspecified atom stereocenters. The number of aliphatic hydroxyl groups excluding tert-OH is 3. The van der Waals surface area contributed by atoms with E-state index in [0.29, 0.717) is 6.42 Å². The summed E-state index contributed by atoms with van der Waals surface area (Å²) in [5.41, 5.74) is 0. The smallest absolute Gasteiger partial charge is 0.145 e. The minimum atomic E-state index is -1.04. The van der Waals surface area contributed by atoms with Gasteiger partial charge >= 0.3 is 0 Å². The Bertz CT molecular complexity index is 446. The van der Waals surface area contributed by atoms with Crippen molar-refractivity contribution in [2.45, 2.75) is 41.3 Å². The van der Waals surface area contributed by atoms with Crippen molar-refractivity contribution in [2.75, 3.05) is 18.1 Å². The van der Waals surface area contributed by atoms with Crippen LogP contribution in [0.25, 0.3) is 0 Å². The second-order valence-corrected chi connectivity index (χ2v) is 8.27. The van der Waals surface area contributed by atoms with Gasteiger partial charge in [0.05, 0.1) is 25.1 Å². The third-order valence-electron chi connectivity index (χ3n) is 3.96. The van der Waals surface area contributed by atoms with Crippen molar-refractivity contribution < 1.29 is 24.5 Å². The Morgan fingerprint density at radius 2 is 2.05 bits per heavy atom. The van der Waals surface area contributed by atoms with Crippen LogP contribution in [0, 0.1) is 0 Å². The first kappa shape index (κ1) is 15.7. The van der Waals surface area contributed by atoms with Crippen molar-refractivity contribution in [1.82, 2.24) is 0 Å². The summed E-state index contributed by atoms with van der Waals surface area (Å²) in [7, 11) is 0. The van der Waals surface area contributed by atoms with Crippen LogP contribution in [0.1, 0.15) is 18.6 Å². The third-order valence-corrected chi connectivity index (χ3v) is 7.44. The van der Waals surface area contributed by atoms with Gasteiger partial charge in [0.2, 0.25) is 0 Å². The van der Waals surface area contributed by atoms with Crippen LogP contribution in [0.3, 0.4) is 0 Å².